The van der Waals surface area contributed by atoms with Gasteiger partial charge in [-0.2, -0.15) is 22.0 Å². The van der Waals surface area contributed by atoms with Gasteiger partial charge in [0.15, 0.2) is 0 Å². The first-order valence-corrected chi connectivity index (χ1v) is 8.06. The van der Waals surface area contributed by atoms with E-state index in [1.807, 2.05) is 0 Å². The average Bonchev–Trinajstić information content (AvgIpc) is 3.00. The fourth-order valence-corrected chi connectivity index (χ4v) is 2.55. The fraction of sp³-hybridized carbons (Fsp3) is 0.250. The lowest BCUT2D eigenvalue weighted by Crippen LogP contribution is -2.26. The van der Waals surface area contributed by atoms with Crippen LogP contribution in [0.5, 0.6) is 0 Å². The Balaban J connectivity index is 1.96. The van der Waals surface area contributed by atoms with E-state index in [0.717, 1.165) is 6.20 Å². The molecule has 1 aromatic carbocycles. The number of thioether (sulfide) groups is 1. The largest absolute Gasteiger partial charge is 0.446 e. The lowest BCUT2D eigenvalue weighted by atomic mass is 10.2. The highest BCUT2D eigenvalue weighted by Gasteiger charge is 2.28. The van der Waals surface area contributed by atoms with Crippen molar-refractivity contribution in [2.75, 3.05) is 7.05 Å². The standard InChI is InChI=1S/C16H14F5N3OS/c1-23(10-13-22-8-9-24(13)15(17)18)14(25)7-4-11-2-5-12(6-3-11)26-16(19,20)21/h2-9,15H,10H2,1H3/b7-4+. The summed E-state index contributed by atoms with van der Waals surface area (Å²) >= 11 is -0.225. The number of hydrogen-bond donors (Lipinski definition) is 0. The van der Waals surface area contributed by atoms with Crippen molar-refractivity contribution in [3.63, 3.8) is 0 Å². The molecule has 0 unspecified atom stereocenters. The number of alkyl halides is 5. The summed E-state index contributed by atoms with van der Waals surface area (Å²) in [7, 11) is 1.43. The molecule has 0 radical (unpaired) electrons. The number of benzene rings is 1. The lowest BCUT2D eigenvalue weighted by Gasteiger charge is -2.15. The molecule has 0 spiro atoms. The molecule has 140 valence electrons. The first-order chi connectivity index (χ1) is 12.2. The summed E-state index contributed by atoms with van der Waals surface area (Å²) in [5.74, 6) is -0.416. The Morgan fingerprint density at radius 2 is 1.96 bits per heavy atom. The van der Waals surface area contributed by atoms with Crippen molar-refractivity contribution < 1.29 is 26.7 Å². The lowest BCUT2D eigenvalue weighted by molar-refractivity contribution is -0.125. The summed E-state index contributed by atoms with van der Waals surface area (Å²) < 4.78 is 62.9. The van der Waals surface area contributed by atoms with E-state index in [-0.39, 0.29) is 29.0 Å². The van der Waals surface area contributed by atoms with Crippen LogP contribution in [0.3, 0.4) is 0 Å². The second-order valence-corrected chi connectivity index (χ2v) is 6.31. The van der Waals surface area contributed by atoms with Gasteiger partial charge in [-0.3, -0.25) is 9.36 Å². The Kier molecular flexibility index (Phi) is 6.41. The highest BCUT2D eigenvalue weighted by atomic mass is 32.2. The van der Waals surface area contributed by atoms with Crippen LogP contribution in [-0.4, -0.2) is 32.9 Å². The van der Waals surface area contributed by atoms with Crippen LogP contribution in [0, 0.1) is 0 Å². The predicted octanol–water partition coefficient (Wildman–Crippen LogP) is 4.56. The maximum absolute atomic E-state index is 12.8. The molecule has 0 aliphatic carbocycles. The third kappa shape index (κ3) is 5.87. The van der Waals surface area contributed by atoms with Gasteiger partial charge in [-0.15, -0.1) is 0 Å². The molecule has 2 rings (SSSR count). The normalized spacial score (nSPS) is 12.1. The van der Waals surface area contributed by atoms with E-state index in [2.05, 4.69) is 4.98 Å². The number of likely N-dealkylation sites (N-methyl/N-ethyl adjacent to an activating group) is 1. The van der Waals surface area contributed by atoms with E-state index in [0.29, 0.717) is 10.1 Å². The van der Waals surface area contributed by atoms with Crippen molar-refractivity contribution in [2.24, 2.45) is 0 Å². The monoisotopic (exact) mass is 391 g/mol. The molecule has 2 aromatic rings. The Morgan fingerprint density at radius 1 is 1.31 bits per heavy atom. The Morgan fingerprint density at radius 3 is 2.54 bits per heavy atom. The highest BCUT2D eigenvalue weighted by Crippen LogP contribution is 2.36. The van der Waals surface area contributed by atoms with Gasteiger partial charge < -0.3 is 4.90 Å². The number of aromatic nitrogens is 2. The second kappa shape index (κ2) is 8.35. The molecule has 0 saturated carbocycles. The quantitative estimate of drug-likeness (QED) is 0.412. The van der Waals surface area contributed by atoms with E-state index in [1.165, 1.54) is 54.6 Å². The van der Waals surface area contributed by atoms with Crippen LogP contribution in [0.2, 0.25) is 0 Å². The van der Waals surface area contributed by atoms with Crippen molar-refractivity contribution in [1.82, 2.24) is 14.5 Å². The van der Waals surface area contributed by atoms with E-state index in [1.54, 1.807) is 0 Å². The minimum absolute atomic E-state index is 0.0388. The highest BCUT2D eigenvalue weighted by molar-refractivity contribution is 8.00. The van der Waals surface area contributed by atoms with Crippen LogP contribution in [0.1, 0.15) is 17.9 Å². The average molecular weight is 391 g/mol. The molecule has 4 nitrogen and oxygen atoms in total. The maximum Gasteiger partial charge on any atom is 0.446 e. The molecule has 0 bridgehead atoms. The van der Waals surface area contributed by atoms with Crippen molar-refractivity contribution in [2.45, 2.75) is 23.5 Å². The zero-order chi connectivity index (χ0) is 19.3. The summed E-state index contributed by atoms with van der Waals surface area (Å²) in [5.41, 5.74) is -3.83. The first-order valence-electron chi connectivity index (χ1n) is 7.24. The fourth-order valence-electron chi connectivity index (χ4n) is 2.01. The molecule has 10 heteroatoms. The van der Waals surface area contributed by atoms with Gasteiger partial charge >= 0.3 is 12.1 Å². The summed E-state index contributed by atoms with van der Waals surface area (Å²) in [6.45, 7) is -2.86. The van der Waals surface area contributed by atoms with Crippen LogP contribution >= 0.6 is 11.8 Å². The van der Waals surface area contributed by atoms with Crippen molar-refractivity contribution in [3.8, 4) is 0 Å². The van der Waals surface area contributed by atoms with Crippen LogP contribution in [-0.2, 0) is 11.3 Å². The molecule has 0 fully saturated rings. The third-order valence-electron chi connectivity index (χ3n) is 3.25. The van der Waals surface area contributed by atoms with Crippen molar-refractivity contribution >= 4 is 23.7 Å². The van der Waals surface area contributed by atoms with Crippen molar-refractivity contribution in [3.05, 3.63) is 54.1 Å². The molecule has 0 aliphatic rings. The molecule has 26 heavy (non-hydrogen) atoms. The van der Waals surface area contributed by atoms with Crippen LogP contribution in [0.25, 0.3) is 6.08 Å². The second-order valence-electron chi connectivity index (χ2n) is 5.17. The summed E-state index contributed by atoms with van der Waals surface area (Å²) in [5, 5.41) is 0. The molecular weight excluding hydrogens is 377 g/mol. The van der Waals surface area contributed by atoms with E-state index in [4.69, 9.17) is 0 Å². The Labute approximate surface area is 150 Å². The number of rotatable bonds is 6. The van der Waals surface area contributed by atoms with Gasteiger partial charge in [0, 0.05) is 30.4 Å². The van der Waals surface area contributed by atoms with E-state index < -0.39 is 18.0 Å². The molecule has 0 atom stereocenters. The minimum atomic E-state index is -4.36. The van der Waals surface area contributed by atoms with Gasteiger partial charge in [-0.1, -0.05) is 12.1 Å². The first kappa shape index (κ1) is 20.0. The topological polar surface area (TPSA) is 38.1 Å². The van der Waals surface area contributed by atoms with Gasteiger partial charge in [-0.05, 0) is 35.5 Å². The van der Waals surface area contributed by atoms with Gasteiger partial charge in [0.05, 0.1) is 6.54 Å². The molecule has 0 saturated heterocycles. The maximum atomic E-state index is 12.8. The molecule has 1 aromatic heterocycles. The molecule has 1 amide bonds. The Hall–Kier alpha value is -2.36. The van der Waals surface area contributed by atoms with Crippen molar-refractivity contribution in [1.29, 1.82) is 0 Å². The molecule has 0 N–H and O–H groups in total. The number of carbonyl (C=O) groups excluding carboxylic acids is 1. The van der Waals surface area contributed by atoms with E-state index in [9.17, 15) is 26.7 Å². The minimum Gasteiger partial charge on any atom is -0.335 e. The SMILES string of the molecule is CN(Cc1nccn1C(F)F)C(=O)/C=C/c1ccc(SC(F)(F)F)cc1. The third-order valence-corrected chi connectivity index (χ3v) is 3.99. The Bertz CT molecular complexity index is 771. The number of halogens is 5. The summed E-state index contributed by atoms with van der Waals surface area (Å²) in [6.07, 6.45) is 4.98. The summed E-state index contributed by atoms with van der Waals surface area (Å²) in [4.78, 5) is 17.1. The molecular formula is C16H14F5N3OS. The smallest absolute Gasteiger partial charge is 0.335 e. The number of hydrogen-bond acceptors (Lipinski definition) is 3. The van der Waals surface area contributed by atoms with Gasteiger partial charge in [0.25, 0.3) is 0 Å². The molecule has 0 aliphatic heterocycles. The number of imidazole rings is 1. The predicted molar refractivity (Wildman–Crippen MR) is 87.3 cm³/mol. The van der Waals surface area contributed by atoms with Crippen LogP contribution < -0.4 is 0 Å². The number of amides is 1. The van der Waals surface area contributed by atoms with Crippen LogP contribution in [0.4, 0.5) is 22.0 Å². The summed E-state index contributed by atoms with van der Waals surface area (Å²) in [6, 6.07) is 5.49. The van der Waals surface area contributed by atoms with Gasteiger partial charge in [0.2, 0.25) is 5.91 Å². The van der Waals surface area contributed by atoms with E-state index >= 15 is 0 Å². The van der Waals surface area contributed by atoms with Gasteiger partial charge in [-0.25, -0.2) is 4.98 Å². The van der Waals surface area contributed by atoms with Crippen LogP contribution in [0.15, 0.2) is 47.6 Å². The molecule has 1 heterocycles. The number of carbonyl (C=O) groups is 1. The van der Waals surface area contributed by atoms with Gasteiger partial charge in [0.1, 0.15) is 5.82 Å². The zero-order valence-corrected chi connectivity index (χ0v) is 14.3. The number of nitrogens with zero attached hydrogens (tertiary/aromatic N) is 3. The zero-order valence-electron chi connectivity index (χ0n) is 13.5.